The number of benzene rings is 1. The maximum Gasteiger partial charge on any atom is 0.273 e. The minimum atomic E-state index is -0.210. The van der Waals surface area contributed by atoms with Crippen molar-refractivity contribution in [2.24, 2.45) is 0 Å². The van der Waals surface area contributed by atoms with Crippen LogP contribution < -0.4 is 15.8 Å². The summed E-state index contributed by atoms with van der Waals surface area (Å²) in [7, 11) is 0. The van der Waals surface area contributed by atoms with E-state index in [9.17, 15) is 9.59 Å². The number of nitrogens with one attached hydrogen (secondary N) is 1. The minimum Gasteiger partial charge on any atom is -0.352 e. The quantitative estimate of drug-likeness (QED) is 0.562. The lowest BCUT2D eigenvalue weighted by Crippen LogP contribution is -2.46. The molecule has 0 bridgehead atoms. The van der Waals surface area contributed by atoms with Gasteiger partial charge >= 0.3 is 0 Å². The van der Waals surface area contributed by atoms with Crippen LogP contribution in [0.1, 0.15) is 25.8 Å². The highest BCUT2D eigenvalue weighted by molar-refractivity contribution is 7.22. The Morgan fingerprint density at radius 3 is 2.66 bits per heavy atom. The molecule has 8 nitrogen and oxygen atoms in total. The van der Waals surface area contributed by atoms with Crippen molar-refractivity contribution in [2.45, 2.75) is 39.3 Å². The number of thiazole rings is 1. The summed E-state index contributed by atoms with van der Waals surface area (Å²) in [5.41, 5.74) is 1.50. The summed E-state index contributed by atoms with van der Waals surface area (Å²) >= 11 is 1.37. The normalized spacial score (nSPS) is 15.8. The predicted octanol–water partition coefficient (Wildman–Crippen LogP) is 2.13. The topological polar surface area (TPSA) is 83.4 Å². The van der Waals surface area contributed by atoms with Crippen molar-refractivity contribution in [3.05, 3.63) is 52.6 Å². The SMILES string of the molecule is CCN1CCN(c2nc3ncn(CC(=O)N[C@H](C)CCc4ccccc4)c(=O)c3s2)CC1. The number of carbonyl (C=O) groups is 1. The maximum atomic E-state index is 12.9. The Labute approximate surface area is 191 Å². The van der Waals surface area contributed by atoms with E-state index >= 15 is 0 Å². The van der Waals surface area contributed by atoms with Gasteiger partial charge in [-0.15, -0.1) is 0 Å². The van der Waals surface area contributed by atoms with Gasteiger partial charge in [-0.3, -0.25) is 14.2 Å². The Morgan fingerprint density at radius 1 is 1.19 bits per heavy atom. The van der Waals surface area contributed by atoms with E-state index in [-0.39, 0.29) is 24.1 Å². The number of nitrogens with zero attached hydrogens (tertiary/aromatic N) is 5. The van der Waals surface area contributed by atoms with E-state index in [1.165, 1.54) is 27.8 Å². The van der Waals surface area contributed by atoms with Gasteiger partial charge in [-0.1, -0.05) is 48.6 Å². The highest BCUT2D eigenvalue weighted by Gasteiger charge is 2.21. The molecule has 3 aromatic rings. The second-order valence-electron chi connectivity index (χ2n) is 8.24. The summed E-state index contributed by atoms with van der Waals surface area (Å²) in [5, 5.41) is 3.82. The Balaban J connectivity index is 1.37. The van der Waals surface area contributed by atoms with Crippen molar-refractivity contribution in [2.75, 3.05) is 37.6 Å². The number of hydrogen-bond donors (Lipinski definition) is 1. The molecule has 9 heteroatoms. The average Bonchev–Trinajstić information content (AvgIpc) is 3.25. The zero-order chi connectivity index (χ0) is 22.5. The molecular weight excluding hydrogens is 424 g/mol. The first-order valence-corrected chi connectivity index (χ1v) is 12.0. The van der Waals surface area contributed by atoms with Gasteiger partial charge in [-0.25, -0.2) is 4.98 Å². The fourth-order valence-electron chi connectivity index (χ4n) is 3.91. The van der Waals surface area contributed by atoms with E-state index in [0.717, 1.165) is 50.7 Å². The second kappa shape index (κ2) is 10.2. The number of carbonyl (C=O) groups excluding carboxylic acids is 1. The Bertz CT molecular complexity index is 1100. The van der Waals surface area contributed by atoms with E-state index < -0.39 is 0 Å². The third-order valence-electron chi connectivity index (χ3n) is 5.89. The van der Waals surface area contributed by atoms with Gasteiger partial charge < -0.3 is 15.1 Å². The van der Waals surface area contributed by atoms with Gasteiger partial charge in [0.05, 0.1) is 0 Å². The molecule has 4 rings (SSSR count). The molecule has 1 amide bonds. The molecule has 1 aliphatic heterocycles. The van der Waals surface area contributed by atoms with E-state index in [1.54, 1.807) is 0 Å². The van der Waals surface area contributed by atoms with Gasteiger partial charge in [0.25, 0.3) is 5.56 Å². The number of piperazine rings is 1. The van der Waals surface area contributed by atoms with E-state index in [1.807, 2.05) is 25.1 Å². The second-order valence-corrected chi connectivity index (χ2v) is 9.22. The zero-order valence-electron chi connectivity index (χ0n) is 18.7. The number of amides is 1. The highest BCUT2D eigenvalue weighted by Crippen LogP contribution is 2.26. The van der Waals surface area contributed by atoms with Crippen molar-refractivity contribution in [3.63, 3.8) is 0 Å². The molecule has 0 saturated carbocycles. The maximum absolute atomic E-state index is 12.9. The summed E-state index contributed by atoms with van der Waals surface area (Å²) in [4.78, 5) is 39.0. The van der Waals surface area contributed by atoms with Crippen molar-refractivity contribution in [1.29, 1.82) is 0 Å². The van der Waals surface area contributed by atoms with Crippen molar-refractivity contribution in [3.8, 4) is 0 Å². The molecule has 1 aliphatic rings. The first kappa shape index (κ1) is 22.4. The van der Waals surface area contributed by atoms with Gasteiger partial charge in [-0.05, 0) is 31.9 Å². The van der Waals surface area contributed by atoms with Crippen LogP contribution in [0, 0.1) is 0 Å². The Hall–Kier alpha value is -2.78. The highest BCUT2D eigenvalue weighted by atomic mass is 32.1. The van der Waals surface area contributed by atoms with E-state index in [0.29, 0.717) is 10.3 Å². The summed E-state index contributed by atoms with van der Waals surface area (Å²) < 4.78 is 1.88. The third kappa shape index (κ3) is 5.34. The van der Waals surface area contributed by atoms with Crippen molar-refractivity contribution >= 4 is 32.7 Å². The number of rotatable bonds is 8. The fraction of sp³-hybridized carbons (Fsp3) is 0.478. The zero-order valence-corrected chi connectivity index (χ0v) is 19.5. The van der Waals surface area contributed by atoms with Crippen molar-refractivity contribution in [1.82, 2.24) is 24.8 Å². The van der Waals surface area contributed by atoms with Gasteiger partial charge in [0.1, 0.15) is 17.6 Å². The molecule has 1 atom stereocenters. The van der Waals surface area contributed by atoms with Crippen LogP contribution >= 0.6 is 11.3 Å². The van der Waals surface area contributed by atoms with Crippen LogP contribution in [-0.4, -0.2) is 64.1 Å². The molecule has 1 N–H and O–H groups in total. The molecule has 3 heterocycles. The van der Waals surface area contributed by atoms with E-state index in [2.05, 4.69) is 44.1 Å². The van der Waals surface area contributed by atoms with Gasteiger partial charge in [0.15, 0.2) is 10.8 Å². The molecule has 1 aromatic carbocycles. The summed E-state index contributed by atoms with van der Waals surface area (Å²) in [5.74, 6) is -0.186. The lowest BCUT2D eigenvalue weighted by molar-refractivity contribution is -0.122. The van der Waals surface area contributed by atoms with Crippen LogP contribution in [0.2, 0.25) is 0 Å². The Morgan fingerprint density at radius 2 is 1.94 bits per heavy atom. The number of aryl methyl sites for hydroxylation is 1. The first-order chi connectivity index (χ1) is 15.5. The Kier molecular flexibility index (Phi) is 7.16. The largest absolute Gasteiger partial charge is 0.352 e. The van der Waals surface area contributed by atoms with E-state index in [4.69, 9.17) is 0 Å². The summed E-state index contributed by atoms with van der Waals surface area (Å²) in [6, 6.07) is 10.2. The van der Waals surface area contributed by atoms with Gasteiger partial charge in [-0.2, -0.15) is 4.98 Å². The standard InChI is InChI=1S/C23H30N6O2S/c1-3-27-11-13-28(14-12-27)23-26-21-20(32-23)22(31)29(16-24-21)15-19(30)25-17(2)9-10-18-7-5-4-6-8-18/h4-8,16-17H,3,9-15H2,1-2H3,(H,25,30)/t17-/m1/s1. The predicted molar refractivity (Wildman–Crippen MR) is 128 cm³/mol. The first-order valence-electron chi connectivity index (χ1n) is 11.2. The minimum absolute atomic E-state index is 0.0203. The van der Waals surface area contributed by atoms with Crippen molar-refractivity contribution < 1.29 is 4.79 Å². The van der Waals surface area contributed by atoms with Crippen LogP contribution in [-0.2, 0) is 17.8 Å². The molecule has 0 unspecified atom stereocenters. The fourth-order valence-corrected chi connectivity index (χ4v) is 4.93. The van der Waals surface area contributed by atoms with Crippen LogP contribution in [0.25, 0.3) is 10.3 Å². The lowest BCUT2D eigenvalue weighted by atomic mass is 10.1. The molecule has 170 valence electrons. The van der Waals surface area contributed by atoms with Crippen LogP contribution in [0.15, 0.2) is 41.5 Å². The van der Waals surface area contributed by atoms with Gasteiger partial charge in [0, 0.05) is 32.2 Å². The molecule has 0 radical (unpaired) electrons. The molecular formula is C23H30N6O2S. The average molecular weight is 455 g/mol. The van der Waals surface area contributed by atoms with Gasteiger partial charge in [0.2, 0.25) is 5.91 Å². The smallest absolute Gasteiger partial charge is 0.273 e. The summed E-state index contributed by atoms with van der Waals surface area (Å²) in [6.07, 6.45) is 3.16. The third-order valence-corrected chi connectivity index (χ3v) is 6.99. The van der Waals surface area contributed by atoms with Crippen LogP contribution in [0.3, 0.4) is 0 Å². The monoisotopic (exact) mass is 454 g/mol. The van der Waals surface area contributed by atoms with Crippen LogP contribution in [0.5, 0.6) is 0 Å². The molecule has 1 fully saturated rings. The summed E-state index contributed by atoms with van der Waals surface area (Å²) in [6.45, 7) is 8.93. The number of fused-ring (bicyclic) bond motifs is 1. The lowest BCUT2D eigenvalue weighted by Gasteiger charge is -2.33. The molecule has 0 spiro atoms. The number of hydrogen-bond acceptors (Lipinski definition) is 7. The molecule has 32 heavy (non-hydrogen) atoms. The number of likely N-dealkylation sites (N-methyl/N-ethyl adjacent to an activating group) is 1. The number of aromatic nitrogens is 3. The molecule has 1 saturated heterocycles. The molecule has 2 aromatic heterocycles. The number of anilines is 1. The molecule has 0 aliphatic carbocycles. The van der Waals surface area contributed by atoms with Crippen LogP contribution in [0.4, 0.5) is 5.13 Å².